The summed E-state index contributed by atoms with van der Waals surface area (Å²) < 4.78 is 16.6. The predicted octanol–water partition coefficient (Wildman–Crippen LogP) is 2.88. The quantitative estimate of drug-likeness (QED) is 0.606. The zero-order valence-electron chi connectivity index (χ0n) is 19.3. The number of likely N-dealkylation sites (N-methyl/N-ethyl adjacent to an activating group) is 1. The topological polar surface area (TPSA) is 71.3 Å². The molecular weight excluding hydrogens is 396 g/mol. The van der Waals surface area contributed by atoms with E-state index in [0.717, 1.165) is 36.6 Å². The normalized spacial score (nSPS) is 15.9. The summed E-state index contributed by atoms with van der Waals surface area (Å²) in [6, 6.07) is 6.15. The van der Waals surface area contributed by atoms with E-state index in [-0.39, 0.29) is 5.91 Å². The first-order valence-corrected chi connectivity index (χ1v) is 10.8. The lowest BCUT2D eigenvalue weighted by Gasteiger charge is -2.31. The number of hydrogen-bond acceptors (Lipinski definition) is 7. The summed E-state index contributed by atoms with van der Waals surface area (Å²) in [4.78, 5) is 23.6. The van der Waals surface area contributed by atoms with Crippen LogP contribution in [0, 0.1) is 0 Å². The van der Waals surface area contributed by atoms with Crippen molar-refractivity contribution >= 4 is 5.91 Å². The number of nitrogens with zero attached hydrogens (tertiary/aromatic N) is 4. The minimum absolute atomic E-state index is 0.0602. The summed E-state index contributed by atoms with van der Waals surface area (Å²) in [7, 11) is 5.37. The van der Waals surface area contributed by atoms with E-state index in [4.69, 9.17) is 13.9 Å². The molecule has 0 aliphatic carbocycles. The van der Waals surface area contributed by atoms with E-state index < -0.39 is 0 Å². The number of oxazole rings is 1. The van der Waals surface area contributed by atoms with Crippen molar-refractivity contribution in [2.45, 2.75) is 39.4 Å². The van der Waals surface area contributed by atoms with E-state index in [0.29, 0.717) is 43.8 Å². The minimum Gasteiger partial charge on any atom is -0.497 e. The maximum absolute atomic E-state index is 12.8. The minimum atomic E-state index is -0.0602. The lowest BCUT2D eigenvalue weighted by Crippen LogP contribution is -2.47. The number of rotatable bonds is 9. The fraction of sp³-hybridized carbons (Fsp3) is 0.565. The second-order valence-electron chi connectivity index (χ2n) is 8.06. The molecule has 1 aromatic heterocycles. The van der Waals surface area contributed by atoms with E-state index in [9.17, 15) is 4.79 Å². The first-order chi connectivity index (χ1) is 14.9. The van der Waals surface area contributed by atoms with Gasteiger partial charge in [-0.15, -0.1) is 0 Å². The smallest absolute Gasteiger partial charge is 0.275 e. The van der Waals surface area contributed by atoms with Gasteiger partial charge in [0.15, 0.2) is 5.69 Å². The average Bonchev–Trinajstić information content (AvgIpc) is 3.26. The monoisotopic (exact) mass is 430 g/mol. The number of ether oxygens (including phenoxy) is 2. The summed E-state index contributed by atoms with van der Waals surface area (Å²) in [5.74, 6) is 2.03. The van der Waals surface area contributed by atoms with Gasteiger partial charge in [-0.3, -0.25) is 9.69 Å². The van der Waals surface area contributed by atoms with Crippen molar-refractivity contribution in [2.75, 3.05) is 47.4 Å². The van der Waals surface area contributed by atoms with Crippen LogP contribution in [0.4, 0.5) is 0 Å². The Bertz CT molecular complexity index is 861. The number of aromatic nitrogens is 1. The van der Waals surface area contributed by atoms with E-state index in [1.54, 1.807) is 14.2 Å². The molecule has 1 amide bonds. The van der Waals surface area contributed by atoms with Gasteiger partial charge in [0.2, 0.25) is 5.89 Å². The van der Waals surface area contributed by atoms with E-state index in [1.165, 1.54) is 6.26 Å². The zero-order chi connectivity index (χ0) is 22.4. The molecule has 1 saturated heterocycles. The molecule has 8 heteroatoms. The Morgan fingerprint density at radius 3 is 2.58 bits per heavy atom. The van der Waals surface area contributed by atoms with Crippen molar-refractivity contribution in [3.63, 3.8) is 0 Å². The lowest BCUT2D eigenvalue weighted by molar-refractivity contribution is 0.0658. The zero-order valence-corrected chi connectivity index (χ0v) is 19.3. The van der Waals surface area contributed by atoms with E-state index >= 15 is 0 Å². The highest BCUT2D eigenvalue weighted by atomic mass is 16.5. The molecule has 1 atom stereocenters. The molecule has 0 radical (unpaired) electrons. The second-order valence-corrected chi connectivity index (χ2v) is 8.06. The van der Waals surface area contributed by atoms with Crippen LogP contribution in [0.15, 0.2) is 28.9 Å². The van der Waals surface area contributed by atoms with Gasteiger partial charge in [-0.2, -0.15) is 0 Å². The maximum Gasteiger partial charge on any atom is 0.275 e. The van der Waals surface area contributed by atoms with Crippen molar-refractivity contribution in [3.05, 3.63) is 41.6 Å². The summed E-state index contributed by atoms with van der Waals surface area (Å²) in [5, 5.41) is 0. The molecule has 2 aromatic rings. The third-order valence-electron chi connectivity index (χ3n) is 5.98. The van der Waals surface area contributed by atoms with Crippen LogP contribution in [-0.4, -0.2) is 79.1 Å². The molecule has 8 nitrogen and oxygen atoms in total. The van der Waals surface area contributed by atoms with Crippen molar-refractivity contribution in [3.8, 4) is 11.5 Å². The number of amides is 1. The fourth-order valence-electron chi connectivity index (χ4n) is 3.65. The molecule has 0 saturated carbocycles. The van der Waals surface area contributed by atoms with Crippen LogP contribution in [0.5, 0.6) is 11.5 Å². The van der Waals surface area contributed by atoms with Gasteiger partial charge < -0.3 is 23.7 Å². The molecule has 2 heterocycles. The summed E-state index contributed by atoms with van der Waals surface area (Å²) in [5.41, 5.74) is 1.44. The Labute approximate surface area is 184 Å². The van der Waals surface area contributed by atoms with Crippen LogP contribution in [0.25, 0.3) is 0 Å². The van der Waals surface area contributed by atoms with Gasteiger partial charge in [0.05, 0.1) is 20.8 Å². The molecule has 0 spiro atoms. The molecule has 0 N–H and O–H groups in total. The second kappa shape index (κ2) is 10.6. The summed E-state index contributed by atoms with van der Waals surface area (Å²) >= 11 is 0. The van der Waals surface area contributed by atoms with Gasteiger partial charge in [0.25, 0.3) is 5.91 Å². The van der Waals surface area contributed by atoms with Crippen LogP contribution in [0.3, 0.4) is 0 Å². The number of piperazine rings is 1. The van der Waals surface area contributed by atoms with Crippen molar-refractivity contribution in [1.82, 2.24) is 19.7 Å². The number of carbonyl (C=O) groups excluding carboxylic acids is 1. The van der Waals surface area contributed by atoms with Crippen LogP contribution in [0.1, 0.15) is 42.2 Å². The van der Waals surface area contributed by atoms with Gasteiger partial charge >= 0.3 is 0 Å². The SMILES string of the molecule is CCC(C)N(Cc1nc(C(=O)N2CCN(C)CC2)co1)Cc1ccc(OC)cc1OC. The van der Waals surface area contributed by atoms with Gasteiger partial charge in [0, 0.05) is 50.4 Å². The van der Waals surface area contributed by atoms with Crippen LogP contribution in [-0.2, 0) is 13.1 Å². The Morgan fingerprint density at radius 2 is 1.94 bits per heavy atom. The number of benzene rings is 1. The van der Waals surface area contributed by atoms with Gasteiger partial charge in [-0.05, 0) is 26.5 Å². The third-order valence-corrected chi connectivity index (χ3v) is 5.98. The summed E-state index contributed by atoms with van der Waals surface area (Å²) in [6.07, 6.45) is 2.46. The van der Waals surface area contributed by atoms with Crippen LogP contribution >= 0.6 is 0 Å². The largest absolute Gasteiger partial charge is 0.497 e. The summed E-state index contributed by atoms with van der Waals surface area (Å²) in [6.45, 7) is 8.70. The van der Waals surface area contributed by atoms with E-state index in [1.807, 2.05) is 23.1 Å². The molecule has 1 aliphatic rings. The number of carbonyl (C=O) groups is 1. The van der Waals surface area contributed by atoms with Gasteiger partial charge in [0.1, 0.15) is 17.8 Å². The standard InChI is InChI=1S/C23H34N4O4/c1-6-17(2)27(14-18-7-8-19(29-4)13-21(18)30-5)15-22-24-20(16-31-22)23(28)26-11-9-25(3)10-12-26/h7-8,13,16-17H,6,9-12,14-15H2,1-5H3. The molecule has 0 bridgehead atoms. The predicted molar refractivity (Wildman–Crippen MR) is 118 cm³/mol. The molecular formula is C23H34N4O4. The van der Waals surface area contributed by atoms with Crippen LogP contribution in [0.2, 0.25) is 0 Å². The Kier molecular flexibility index (Phi) is 7.92. The third kappa shape index (κ3) is 5.77. The molecule has 1 aliphatic heterocycles. The van der Waals surface area contributed by atoms with Crippen molar-refractivity contribution < 1.29 is 18.7 Å². The molecule has 1 fully saturated rings. The first kappa shape index (κ1) is 23.1. The molecule has 170 valence electrons. The fourth-order valence-corrected chi connectivity index (χ4v) is 3.65. The van der Waals surface area contributed by atoms with Crippen molar-refractivity contribution in [2.24, 2.45) is 0 Å². The Balaban J connectivity index is 1.71. The number of methoxy groups -OCH3 is 2. The van der Waals surface area contributed by atoms with Gasteiger partial charge in [-0.1, -0.05) is 13.0 Å². The first-order valence-electron chi connectivity index (χ1n) is 10.8. The van der Waals surface area contributed by atoms with Crippen molar-refractivity contribution in [1.29, 1.82) is 0 Å². The molecule has 1 unspecified atom stereocenters. The number of hydrogen-bond donors (Lipinski definition) is 0. The Morgan fingerprint density at radius 1 is 1.19 bits per heavy atom. The highest BCUT2D eigenvalue weighted by molar-refractivity contribution is 5.92. The van der Waals surface area contributed by atoms with E-state index in [2.05, 4.69) is 35.7 Å². The highest BCUT2D eigenvalue weighted by Crippen LogP contribution is 2.27. The van der Waals surface area contributed by atoms with Gasteiger partial charge in [-0.25, -0.2) is 4.98 Å². The lowest BCUT2D eigenvalue weighted by atomic mass is 10.1. The average molecular weight is 431 g/mol. The molecule has 3 rings (SSSR count). The molecule has 1 aromatic carbocycles. The Hall–Kier alpha value is -2.58. The maximum atomic E-state index is 12.8. The van der Waals surface area contributed by atoms with Crippen LogP contribution < -0.4 is 9.47 Å². The highest BCUT2D eigenvalue weighted by Gasteiger charge is 2.24. The molecule has 31 heavy (non-hydrogen) atoms.